The topological polar surface area (TPSA) is 96.0 Å². The lowest BCUT2D eigenvalue weighted by Crippen LogP contribution is -2.47. The van der Waals surface area contributed by atoms with Crippen molar-refractivity contribution in [2.75, 3.05) is 11.4 Å². The number of β-amino-alcohol motifs (C(OH)–C–C–N with tert-alkyl or cyclic N) is 1. The van der Waals surface area contributed by atoms with Crippen LogP contribution in [0.5, 0.6) is 0 Å². The number of aliphatic imine (C=N–C) groups is 1. The van der Waals surface area contributed by atoms with Crippen LogP contribution in [0.3, 0.4) is 0 Å². The van der Waals surface area contributed by atoms with Crippen LogP contribution < -0.4 is 10.0 Å². The zero-order valence-corrected chi connectivity index (χ0v) is 15.9. The van der Waals surface area contributed by atoms with Gasteiger partial charge in [-0.25, -0.2) is 18.5 Å². The second-order valence-electron chi connectivity index (χ2n) is 5.88. The van der Waals surface area contributed by atoms with E-state index in [1.807, 2.05) is 0 Å². The van der Waals surface area contributed by atoms with E-state index >= 15 is 0 Å². The number of sulfonamides is 1. The van der Waals surface area contributed by atoms with Crippen LogP contribution in [0.25, 0.3) is 0 Å². The Morgan fingerprint density at radius 1 is 1.11 bits per heavy atom. The molecule has 11 heteroatoms. The number of halogens is 4. The van der Waals surface area contributed by atoms with Gasteiger partial charge in [0.15, 0.2) is 0 Å². The number of rotatable bonds is 3. The van der Waals surface area contributed by atoms with E-state index in [0.29, 0.717) is 5.69 Å². The van der Waals surface area contributed by atoms with Crippen molar-refractivity contribution < 1.29 is 26.7 Å². The number of nitrogens with two attached hydrogens (primary N) is 1. The molecule has 2 aromatic rings. The number of aliphatic hydroxyl groups is 1. The van der Waals surface area contributed by atoms with Crippen LogP contribution in [0.15, 0.2) is 62.9 Å². The number of hydrogen-bond acceptors (Lipinski definition) is 5. The Balaban J connectivity index is 2.09. The molecule has 3 N–H and O–H groups in total. The van der Waals surface area contributed by atoms with Crippen molar-refractivity contribution in [1.29, 1.82) is 0 Å². The minimum absolute atomic E-state index is 0.141. The smallest absolute Gasteiger partial charge is 0.361 e. The number of hydrogen-bond donors (Lipinski definition) is 2. The molecule has 0 aliphatic carbocycles. The van der Waals surface area contributed by atoms with Crippen LogP contribution in [-0.2, 0) is 10.0 Å². The maximum atomic E-state index is 13.3. The minimum Gasteiger partial charge on any atom is -0.361 e. The second-order valence-corrected chi connectivity index (χ2v) is 8.36. The van der Waals surface area contributed by atoms with Crippen molar-refractivity contribution in [3.8, 4) is 0 Å². The fourth-order valence-corrected chi connectivity index (χ4v) is 3.35. The largest absolute Gasteiger partial charge is 0.440 e. The molecule has 27 heavy (non-hydrogen) atoms. The van der Waals surface area contributed by atoms with Gasteiger partial charge >= 0.3 is 6.18 Å². The molecule has 0 spiro atoms. The molecule has 0 aromatic heterocycles. The Hall–Kier alpha value is -1.95. The first kappa shape index (κ1) is 19.8. The summed E-state index contributed by atoms with van der Waals surface area (Å²) < 4.78 is 63.4. The van der Waals surface area contributed by atoms with E-state index in [1.54, 1.807) is 24.3 Å². The zero-order chi connectivity index (χ0) is 20.0. The molecule has 0 fully saturated rings. The monoisotopic (exact) mass is 463 g/mol. The quantitative estimate of drug-likeness (QED) is 0.730. The molecule has 6 nitrogen and oxygen atoms in total. The summed E-state index contributed by atoms with van der Waals surface area (Å²) in [7, 11) is -3.95. The van der Waals surface area contributed by atoms with E-state index in [0.717, 1.165) is 16.6 Å². The Labute approximate surface area is 161 Å². The SMILES string of the molecule is NS(=O)(=O)c1ccc(C2=NC(O)(C(F)(F)F)CN2c2ccc(Br)cc2)cc1. The van der Waals surface area contributed by atoms with Crippen LogP contribution >= 0.6 is 15.9 Å². The standard InChI is InChI=1S/C16H13BrF3N3O3S/c17-11-3-5-12(6-4-11)23-9-15(24,16(18,19)20)22-14(23)10-1-7-13(8-2-10)27(21,25)26/h1-8,24H,9H2,(H2,21,25,26). The van der Waals surface area contributed by atoms with Crippen LogP contribution in [0, 0.1) is 0 Å². The molecular weight excluding hydrogens is 451 g/mol. The Morgan fingerprint density at radius 2 is 1.67 bits per heavy atom. The van der Waals surface area contributed by atoms with Crippen molar-refractivity contribution in [2.45, 2.75) is 16.8 Å². The highest BCUT2D eigenvalue weighted by Gasteiger charge is 2.58. The van der Waals surface area contributed by atoms with Gasteiger partial charge in [-0.15, -0.1) is 0 Å². The molecule has 1 unspecified atom stereocenters. The normalized spacial score (nSPS) is 20.7. The summed E-state index contributed by atoms with van der Waals surface area (Å²) in [6.07, 6.45) is -4.98. The van der Waals surface area contributed by atoms with Crippen LogP contribution in [0.2, 0.25) is 0 Å². The Bertz CT molecular complexity index is 992. The van der Waals surface area contributed by atoms with Crippen LogP contribution in [-0.4, -0.2) is 37.8 Å². The van der Waals surface area contributed by atoms with E-state index in [9.17, 15) is 26.7 Å². The fourth-order valence-electron chi connectivity index (χ4n) is 2.57. The molecular formula is C16H13BrF3N3O3S. The summed E-state index contributed by atoms with van der Waals surface area (Å²) >= 11 is 3.25. The average Bonchev–Trinajstić information content (AvgIpc) is 2.94. The van der Waals surface area contributed by atoms with Gasteiger partial charge in [0.25, 0.3) is 5.72 Å². The lowest BCUT2D eigenvalue weighted by molar-refractivity contribution is -0.249. The molecule has 1 heterocycles. The maximum absolute atomic E-state index is 13.3. The van der Waals surface area contributed by atoms with Gasteiger partial charge in [-0.2, -0.15) is 13.2 Å². The highest BCUT2D eigenvalue weighted by atomic mass is 79.9. The predicted molar refractivity (Wildman–Crippen MR) is 96.8 cm³/mol. The third-order valence-electron chi connectivity index (χ3n) is 3.96. The van der Waals surface area contributed by atoms with Gasteiger partial charge in [-0.3, -0.25) is 0 Å². The summed E-state index contributed by atoms with van der Waals surface area (Å²) in [4.78, 5) is 4.54. The minimum atomic E-state index is -4.98. The summed E-state index contributed by atoms with van der Waals surface area (Å²) in [6.45, 7) is -0.829. The predicted octanol–water partition coefficient (Wildman–Crippen LogP) is 2.61. The van der Waals surface area contributed by atoms with Gasteiger partial charge in [0.2, 0.25) is 10.0 Å². The lowest BCUT2D eigenvalue weighted by Gasteiger charge is -2.25. The first-order chi connectivity index (χ1) is 12.4. The Morgan fingerprint density at radius 3 is 2.15 bits per heavy atom. The van der Waals surface area contributed by atoms with Gasteiger partial charge < -0.3 is 10.0 Å². The molecule has 1 atom stereocenters. The summed E-state index contributed by atoms with van der Waals surface area (Å²) in [5.41, 5.74) is -2.70. The number of nitrogens with zero attached hydrogens (tertiary/aromatic N) is 2. The van der Waals surface area contributed by atoms with Crippen molar-refractivity contribution in [2.24, 2.45) is 10.1 Å². The van der Waals surface area contributed by atoms with E-state index in [4.69, 9.17) is 5.14 Å². The molecule has 3 rings (SSSR count). The first-order valence-corrected chi connectivity index (χ1v) is 9.80. The molecule has 0 bridgehead atoms. The second kappa shape index (κ2) is 6.59. The van der Waals surface area contributed by atoms with Gasteiger partial charge in [-0.1, -0.05) is 15.9 Å². The zero-order valence-electron chi connectivity index (χ0n) is 13.5. The van der Waals surface area contributed by atoms with Crippen LogP contribution in [0.4, 0.5) is 18.9 Å². The molecule has 144 valence electrons. The number of alkyl halides is 3. The van der Waals surface area contributed by atoms with E-state index in [1.165, 1.54) is 17.0 Å². The molecule has 0 saturated carbocycles. The number of primary sulfonamides is 1. The van der Waals surface area contributed by atoms with Crippen LogP contribution in [0.1, 0.15) is 5.56 Å². The van der Waals surface area contributed by atoms with Gasteiger partial charge in [-0.05, 0) is 48.5 Å². The van der Waals surface area contributed by atoms with Gasteiger partial charge in [0, 0.05) is 15.7 Å². The third kappa shape index (κ3) is 3.86. The van der Waals surface area contributed by atoms with Crippen molar-refractivity contribution in [3.05, 3.63) is 58.6 Å². The summed E-state index contributed by atoms with van der Waals surface area (Å²) in [5, 5.41) is 15.1. The van der Waals surface area contributed by atoms with Gasteiger partial charge in [0.05, 0.1) is 11.4 Å². The Kier molecular flexibility index (Phi) is 4.83. The molecule has 2 aromatic carbocycles. The van der Waals surface area contributed by atoms with Crippen molar-refractivity contribution >= 4 is 37.5 Å². The highest BCUT2D eigenvalue weighted by Crippen LogP contribution is 2.39. The third-order valence-corrected chi connectivity index (χ3v) is 5.42. The van der Waals surface area contributed by atoms with Crippen molar-refractivity contribution in [3.63, 3.8) is 0 Å². The number of anilines is 1. The van der Waals surface area contributed by atoms with Crippen molar-refractivity contribution in [1.82, 2.24) is 0 Å². The molecule has 0 saturated heterocycles. The van der Waals surface area contributed by atoms with E-state index < -0.39 is 28.5 Å². The van der Waals surface area contributed by atoms with E-state index in [2.05, 4.69) is 20.9 Å². The molecule has 0 amide bonds. The highest BCUT2D eigenvalue weighted by molar-refractivity contribution is 9.10. The average molecular weight is 464 g/mol. The lowest BCUT2D eigenvalue weighted by atomic mass is 10.1. The molecule has 0 radical (unpaired) electrons. The maximum Gasteiger partial charge on any atom is 0.440 e. The van der Waals surface area contributed by atoms with E-state index in [-0.39, 0.29) is 16.3 Å². The fraction of sp³-hybridized carbons (Fsp3) is 0.188. The first-order valence-electron chi connectivity index (χ1n) is 7.46. The summed E-state index contributed by atoms with van der Waals surface area (Å²) in [5.74, 6) is -0.141. The molecule has 1 aliphatic heterocycles. The number of amidine groups is 1. The number of benzene rings is 2. The van der Waals surface area contributed by atoms with Gasteiger partial charge in [0.1, 0.15) is 5.84 Å². The molecule has 1 aliphatic rings. The summed E-state index contributed by atoms with van der Waals surface area (Å²) in [6, 6.07) is 11.3.